The maximum Gasteiger partial charge on any atom is 0.0183 e. The number of nitrogens with one attached hydrogen (secondary N) is 1. The first-order chi connectivity index (χ1) is 18.7. The summed E-state index contributed by atoms with van der Waals surface area (Å²) in [6.45, 7) is 6.14. The van der Waals surface area contributed by atoms with Gasteiger partial charge in [-0.25, -0.2) is 0 Å². The van der Waals surface area contributed by atoms with Gasteiger partial charge in [-0.05, 0) is 95.9 Å². The van der Waals surface area contributed by atoms with Gasteiger partial charge in [0.05, 0.1) is 0 Å². The van der Waals surface area contributed by atoms with Crippen molar-refractivity contribution in [3.05, 3.63) is 139 Å². The number of allylic oxidation sites excluding steroid dienone is 3. The van der Waals surface area contributed by atoms with E-state index in [1.807, 2.05) is 6.08 Å². The molecule has 0 saturated carbocycles. The quantitative estimate of drug-likeness (QED) is 0.137. The summed E-state index contributed by atoms with van der Waals surface area (Å²) < 4.78 is 0. The van der Waals surface area contributed by atoms with Crippen LogP contribution in [0.15, 0.2) is 128 Å². The van der Waals surface area contributed by atoms with Crippen molar-refractivity contribution < 1.29 is 0 Å². The standard InChI is InChI=1S/C37H29N/c1-3-25-13-15-28(16-14-25)36-32-9-5-7-11-34(32)37(35-12-8-6-10-33(35)36)30-20-18-27-17-19-29(23-31(27)24-30)26(4-2)21-22-38/h4-24,38H,2-3H2,1H3/b26-21+,38-22?. The van der Waals surface area contributed by atoms with Crippen molar-refractivity contribution in [2.24, 2.45) is 0 Å². The van der Waals surface area contributed by atoms with Crippen molar-refractivity contribution in [2.75, 3.05) is 0 Å². The van der Waals surface area contributed by atoms with Crippen LogP contribution in [-0.4, -0.2) is 6.21 Å². The van der Waals surface area contributed by atoms with Crippen LogP contribution in [0.5, 0.6) is 0 Å². The van der Waals surface area contributed by atoms with E-state index in [1.54, 1.807) is 6.08 Å². The van der Waals surface area contributed by atoms with Gasteiger partial charge in [0, 0.05) is 6.21 Å². The highest BCUT2D eigenvalue weighted by molar-refractivity contribution is 6.21. The van der Waals surface area contributed by atoms with Crippen LogP contribution in [-0.2, 0) is 6.42 Å². The summed E-state index contributed by atoms with van der Waals surface area (Å²) in [6.07, 6.45) is 5.94. The number of hydrogen-bond acceptors (Lipinski definition) is 1. The molecule has 6 rings (SSSR count). The zero-order valence-electron chi connectivity index (χ0n) is 21.5. The number of rotatable bonds is 6. The van der Waals surface area contributed by atoms with Gasteiger partial charge in [-0.15, -0.1) is 0 Å². The fraction of sp³-hybridized carbons (Fsp3) is 0.0541. The minimum absolute atomic E-state index is 0.946. The smallest absolute Gasteiger partial charge is 0.0183 e. The van der Waals surface area contributed by atoms with Gasteiger partial charge in [0.15, 0.2) is 0 Å². The number of hydrogen-bond donors (Lipinski definition) is 1. The molecule has 0 aliphatic rings. The third-order valence-electron chi connectivity index (χ3n) is 7.53. The Morgan fingerprint density at radius 1 is 0.658 bits per heavy atom. The molecule has 0 unspecified atom stereocenters. The predicted octanol–water partition coefficient (Wildman–Crippen LogP) is 10.3. The molecule has 182 valence electrons. The second-order valence-electron chi connectivity index (χ2n) is 9.66. The van der Waals surface area contributed by atoms with Crippen LogP contribution in [0, 0.1) is 5.41 Å². The molecule has 0 aliphatic carbocycles. The normalized spacial score (nSPS) is 11.8. The van der Waals surface area contributed by atoms with Crippen LogP contribution < -0.4 is 0 Å². The molecule has 0 aromatic heterocycles. The Morgan fingerprint density at radius 3 is 1.76 bits per heavy atom. The van der Waals surface area contributed by atoms with Crippen LogP contribution in [0.4, 0.5) is 0 Å². The third-order valence-corrected chi connectivity index (χ3v) is 7.53. The van der Waals surface area contributed by atoms with E-state index < -0.39 is 0 Å². The molecule has 0 spiro atoms. The van der Waals surface area contributed by atoms with E-state index in [1.165, 1.54) is 66.3 Å². The summed E-state index contributed by atoms with van der Waals surface area (Å²) in [4.78, 5) is 0. The lowest BCUT2D eigenvalue weighted by Crippen LogP contribution is -1.91. The highest BCUT2D eigenvalue weighted by Gasteiger charge is 2.16. The molecule has 0 bridgehead atoms. The summed E-state index contributed by atoms with van der Waals surface area (Å²) >= 11 is 0. The van der Waals surface area contributed by atoms with Crippen molar-refractivity contribution in [1.29, 1.82) is 5.41 Å². The third kappa shape index (κ3) is 4.03. The molecule has 0 atom stereocenters. The Balaban J connectivity index is 1.65. The van der Waals surface area contributed by atoms with Crippen molar-refractivity contribution in [2.45, 2.75) is 13.3 Å². The summed E-state index contributed by atoms with van der Waals surface area (Å²) in [5, 5.41) is 14.9. The molecule has 1 heteroatoms. The van der Waals surface area contributed by atoms with Crippen LogP contribution >= 0.6 is 0 Å². The lowest BCUT2D eigenvalue weighted by atomic mass is 9.85. The Bertz CT molecular complexity index is 1810. The van der Waals surface area contributed by atoms with Gasteiger partial charge in [0.1, 0.15) is 0 Å². The molecule has 6 aromatic carbocycles. The number of aryl methyl sites for hydroxylation is 1. The van der Waals surface area contributed by atoms with Crippen LogP contribution in [0.3, 0.4) is 0 Å². The molecule has 0 saturated heterocycles. The predicted molar refractivity (Wildman–Crippen MR) is 166 cm³/mol. The van der Waals surface area contributed by atoms with Gasteiger partial charge in [-0.1, -0.05) is 117 Å². The van der Waals surface area contributed by atoms with Gasteiger partial charge in [0.2, 0.25) is 0 Å². The minimum atomic E-state index is 0.946. The first kappa shape index (κ1) is 23.6. The Hall–Kier alpha value is -4.75. The molecule has 0 heterocycles. The SMILES string of the molecule is C=C/C(=C\C=N)c1ccc2ccc(-c3c4ccccc4c(-c4ccc(CC)cc4)c4ccccc34)cc2c1. The van der Waals surface area contributed by atoms with Crippen LogP contribution in [0.1, 0.15) is 18.1 Å². The summed E-state index contributed by atoms with van der Waals surface area (Å²) in [5.74, 6) is 0. The van der Waals surface area contributed by atoms with Crippen molar-refractivity contribution in [1.82, 2.24) is 0 Å². The molecule has 6 aromatic rings. The Kier molecular flexibility index (Phi) is 6.19. The zero-order valence-corrected chi connectivity index (χ0v) is 21.5. The monoisotopic (exact) mass is 487 g/mol. The molecule has 1 N–H and O–H groups in total. The van der Waals surface area contributed by atoms with E-state index in [0.29, 0.717) is 0 Å². The van der Waals surface area contributed by atoms with E-state index in [9.17, 15) is 0 Å². The second kappa shape index (κ2) is 9.95. The van der Waals surface area contributed by atoms with E-state index in [2.05, 4.69) is 123 Å². The van der Waals surface area contributed by atoms with E-state index >= 15 is 0 Å². The van der Waals surface area contributed by atoms with E-state index in [-0.39, 0.29) is 0 Å². The maximum atomic E-state index is 7.50. The average Bonchev–Trinajstić information content (AvgIpc) is 2.98. The number of fused-ring (bicyclic) bond motifs is 3. The van der Waals surface area contributed by atoms with E-state index in [4.69, 9.17) is 5.41 Å². The first-order valence-corrected chi connectivity index (χ1v) is 13.1. The fourth-order valence-corrected chi connectivity index (χ4v) is 5.61. The molecular formula is C37H29N. The molecule has 0 amide bonds. The van der Waals surface area contributed by atoms with E-state index in [0.717, 1.165) is 17.6 Å². The molecule has 0 fully saturated rings. The Morgan fingerprint density at radius 2 is 1.21 bits per heavy atom. The highest BCUT2D eigenvalue weighted by atomic mass is 14.3. The maximum absolute atomic E-state index is 7.50. The van der Waals surface area contributed by atoms with Gasteiger partial charge in [0.25, 0.3) is 0 Å². The van der Waals surface area contributed by atoms with Crippen molar-refractivity contribution in [3.8, 4) is 22.3 Å². The minimum Gasteiger partial charge on any atom is -0.309 e. The second-order valence-corrected chi connectivity index (χ2v) is 9.66. The average molecular weight is 488 g/mol. The molecule has 0 radical (unpaired) electrons. The molecule has 0 aliphatic heterocycles. The molecular weight excluding hydrogens is 458 g/mol. The van der Waals surface area contributed by atoms with Gasteiger partial charge < -0.3 is 5.41 Å². The lowest BCUT2D eigenvalue weighted by molar-refractivity contribution is 1.14. The number of benzene rings is 6. The molecule has 1 nitrogen and oxygen atoms in total. The fourth-order valence-electron chi connectivity index (χ4n) is 5.61. The van der Waals surface area contributed by atoms with Crippen LogP contribution in [0.2, 0.25) is 0 Å². The van der Waals surface area contributed by atoms with Gasteiger partial charge >= 0.3 is 0 Å². The molecule has 38 heavy (non-hydrogen) atoms. The van der Waals surface area contributed by atoms with Gasteiger partial charge in [-0.2, -0.15) is 0 Å². The van der Waals surface area contributed by atoms with Crippen molar-refractivity contribution >= 4 is 44.1 Å². The topological polar surface area (TPSA) is 23.9 Å². The van der Waals surface area contributed by atoms with Crippen LogP contribution in [0.25, 0.3) is 60.1 Å². The van der Waals surface area contributed by atoms with Crippen molar-refractivity contribution in [3.63, 3.8) is 0 Å². The van der Waals surface area contributed by atoms with Gasteiger partial charge in [-0.3, -0.25) is 0 Å². The highest BCUT2D eigenvalue weighted by Crippen LogP contribution is 2.44. The summed E-state index contributed by atoms with van der Waals surface area (Å²) in [6, 6.07) is 39.8. The Labute approximate surface area is 223 Å². The zero-order chi connectivity index (χ0) is 26.1. The first-order valence-electron chi connectivity index (χ1n) is 13.1. The summed E-state index contributed by atoms with van der Waals surface area (Å²) in [7, 11) is 0. The lowest BCUT2D eigenvalue weighted by Gasteiger charge is -2.18. The summed E-state index contributed by atoms with van der Waals surface area (Å²) in [5.41, 5.74) is 8.36. The largest absolute Gasteiger partial charge is 0.309 e.